The van der Waals surface area contributed by atoms with Gasteiger partial charge in [0.1, 0.15) is 0 Å². The normalized spacial score (nSPS) is 12.7. The summed E-state index contributed by atoms with van der Waals surface area (Å²) in [5.74, 6) is -1.11. The summed E-state index contributed by atoms with van der Waals surface area (Å²) in [4.78, 5) is 13.2. The molecule has 0 heterocycles. The van der Waals surface area contributed by atoms with Crippen LogP contribution in [0.5, 0.6) is 0 Å². The van der Waals surface area contributed by atoms with Gasteiger partial charge in [-0.05, 0) is 39.0 Å². The highest BCUT2D eigenvalue weighted by Gasteiger charge is 2.18. The minimum Gasteiger partial charge on any atom is -0.481 e. The molecule has 0 aliphatic rings. The average Bonchev–Trinajstić information content (AvgIpc) is 2.25. The first-order chi connectivity index (χ1) is 7.61. The van der Waals surface area contributed by atoms with Crippen molar-refractivity contribution in [3.05, 3.63) is 35.9 Å². The molecule has 0 fully saturated rings. The third-order valence-corrected chi connectivity index (χ3v) is 2.60. The number of hydrogen-bond donors (Lipinski definition) is 1. The Balaban J connectivity index is 2.59. The van der Waals surface area contributed by atoms with Gasteiger partial charge < -0.3 is 10.0 Å². The number of rotatable bonds is 6. The van der Waals surface area contributed by atoms with Crippen LogP contribution in [0.4, 0.5) is 0 Å². The molecule has 16 heavy (non-hydrogen) atoms. The molecule has 0 aromatic heterocycles. The van der Waals surface area contributed by atoms with E-state index in [9.17, 15) is 9.90 Å². The van der Waals surface area contributed by atoms with Crippen molar-refractivity contribution in [2.45, 2.75) is 18.8 Å². The van der Waals surface area contributed by atoms with Crippen LogP contribution in [0.25, 0.3) is 0 Å². The van der Waals surface area contributed by atoms with Crippen molar-refractivity contribution in [1.82, 2.24) is 4.90 Å². The minimum atomic E-state index is -0.732. The van der Waals surface area contributed by atoms with Crippen LogP contribution in [0, 0.1) is 0 Å². The van der Waals surface area contributed by atoms with E-state index < -0.39 is 5.97 Å². The highest BCUT2D eigenvalue weighted by atomic mass is 16.4. The molecule has 1 atom stereocenters. The molecule has 0 bridgehead atoms. The standard InChI is InChI=1S/C13H19NO2/c1-14(2)10-6-9-12(13(15)16)11-7-4-3-5-8-11/h3-5,7-8,12H,6,9-10H2,1-2H3,(H,15,16). The number of nitrogens with zero attached hydrogens (tertiary/aromatic N) is 1. The highest BCUT2D eigenvalue weighted by Crippen LogP contribution is 2.21. The molecule has 0 radical (unpaired) electrons. The van der Waals surface area contributed by atoms with Crippen LogP contribution in [0.3, 0.4) is 0 Å². The second-order valence-electron chi connectivity index (χ2n) is 4.25. The summed E-state index contributed by atoms with van der Waals surface area (Å²) in [6.07, 6.45) is 1.59. The van der Waals surface area contributed by atoms with Crippen LogP contribution in [0.15, 0.2) is 30.3 Å². The van der Waals surface area contributed by atoms with Crippen molar-refractivity contribution in [1.29, 1.82) is 0 Å². The lowest BCUT2D eigenvalue weighted by molar-refractivity contribution is -0.139. The van der Waals surface area contributed by atoms with E-state index in [-0.39, 0.29) is 5.92 Å². The van der Waals surface area contributed by atoms with Gasteiger partial charge in [0.05, 0.1) is 5.92 Å². The van der Waals surface area contributed by atoms with E-state index in [2.05, 4.69) is 4.90 Å². The Morgan fingerprint density at radius 3 is 2.44 bits per heavy atom. The Morgan fingerprint density at radius 2 is 1.94 bits per heavy atom. The lowest BCUT2D eigenvalue weighted by atomic mass is 9.94. The van der Waals surface area contributed by atoms with Gasteiger partial charge in [-0.1, -0.05) is 30.3 Å². The first-order valence-electron chi connectivity index (χ1n) is 5.53. The van der Waals surface area contributed by atoms with Crippen molar-refractivity contribution in [3.8, 4) is 0 Å². The summed E-state index contributed by atoms with van der Waals surface area (Å²) in [6, 6.07) is 9.44. The van der Waals surface area contributed by atoms with E-state index in [0.717, 1.165) is 18.5 Å². The molecule has 1 rings (SSSR count). The van der Waals surface area contributed by atoms with Crippen LogP contribution >= 0.6 is 0 Å². The van der Waals surface area contributed by atoms with Crippen LogP contribution in [-0.2, 0) is 4.79 Å². The van der Waals surface area contributed by atoms with Gasteiger partial charge in [0.25, 0.3) is 0 Å². The lowest BCUT2D eigenvalue weighted by Crippen LogP contribution is -2.17. The first-order valence-corrected chi connectivity index (χ1v) is 5.53. The largest absolute Gasteiger partial charge is 0.481 e. The maximum absolute atomic E-state index is 11.2. The summed E-state index contributed by atoms with van der Waals surface area (Å²) in [7, 11) is 4.00. The van der Waals surface area contributed by atoms with Gasteiger partial charge in [0.15, 0.2) is 0 Å². The SMILES string of the molecule is CN(C)CCCC(C(=O)O)c1ccccc1. The molecular weight excluding hydrogens is 202 g/mol. The van der Waals surface area contributed by atoms with Crippen molar-refractivity contribution in [2.24, 2.45) is 0 Å². The Morgan fingerprint density at radius 1 is 1.31 bits per heavy atom. The average molecular weight is 221 g/mol. The van der Waals surface area contributed by atoms with Crippen LogP contribution in [0.2, 0.25) is 0 Å². The molecule has 0 aliphatic carbocycles. The fraction of sp³-hybridized carbons (Fsp3) is 0.462. The molecule has 0 amide bonds. The topological polar surface area (TPSA) is 40.5 Å². The number of carbonyl (C=O) groups is 1. The van der Waals surface area contributed by atoms with Gasteiger partial charge in [-0.2, -0.15) is 0 Å². The quantitative estimate of drug-likeness (QED) is 0.800. The van der Waals surface area contributed by atoms with Gasteiger partial charge in [0, 0.05) is 0 Å². The van der Waals surface area contributed by atoms with Gasteiger partial charge in [-0.25, -0.2) is 0 Å². The Bertz CT molecular complexity index is 322. The summed E-state index contributed by atoms with van der Waals surface area (Å²) in [5, 5.41) is 9.18. The van der Waals surface area contributed by atoms with Crippen molar-refractivity contribution in [3.63, 3.8) is 0 Å². The number of aliphatic carboxylic acids is 1. The second-order valence-corrected chi connectivity index (χ2v) is 4.25. The van der Waals surface area contributed by atoms with Gasteiger partial charge >= 0.3 is 5.97 Å². The molecule has 1 aromatic carbocycles. The molecule has 0 saturated carbocycles. The minimum absolute atomic E-state index is 0.374. The molecule has 0 saturated heterocycles. The van der Waals surface area contributed by atoms with E-state index in [0.29, 0.717) is 6.42 Å². The third kappa shape index (κ3) is 4.03. The van der Waals surface area contributed by atoms with Crippen molar-refractivity contribution < 1.29 is 9.90 Å². The molecular formula is C13H19NO2. The summed E-state index contributed by atoms with van der Waals surface area (Å²) in [6.45, 7) is 0.927. The molecule has 1 aromatic rings. The van der Waals surface area contributed by atoms with Crippen LogP contribution < -0.4 is 0 Å². The predicted molar refractivity (Wildman–Crippen MR) is 64.6 cm³/mol. The van der Waals surface area contributed by atoms with Gasteiger partial charge in [-0.15, -0.1) is 0 Å². The second kappa shape index (κ2) is 6.28. The van der Waals surface area contributed by atoms with Crippen LogP contribution in [0.1, 0.15) is 24.3 Å². The number of carboxylic acids is 1. The van der Waals surface area contributed by atoms with E-state index in [1.165, 1.54) is 0 Å². The molecule has 0 aliphatic heterocycles. The van der Waals surface area contributed by atoms with E-state index in [1.807, 2.05) is 44.4 Å². The van der Waals surface area contributed by atoms with E-state index in [4.69, 9.17) is 0 Å². The highest BCUT2D eigenvalue weighted by molar-refractivity contribution is 5.75. The lowest BCUT2D eigenvalue weighted by Gasteiger charge is -2.14. The number of benzene rings is 1. The van der Waals surface area contributed by atoms with Crippen LogP contribution in [-0.4, -0.2) is 36.6 Å². The zero-order valence-corrected chi connectivity index (χ0v) is 9.89. The monoisotopic (exact) mass is 221 g/mol. The Kier molecular flexibility index (Phi) is 4.99. The molecule has 0 spiro atoms. The molecule has 1 N–H and O–H groups in total. The first kappa shape index (κ1) is 12.7. The molecule has 88 valence electrons. The Hall–Kier alpha value is -1.35. The summed E-state index contributed by atoms with van der Waals surface area (Å²) < 4.78 is 0. The van der Waals surface area contributed by atoms with E-state index in [1.54, 1.807) is 0 Å². The number of carboxylic acid groups (broad SMARTS) is 1. The van der Waals surface area contributed by atoms with Gasteiger partial charge in [0.2, 0.25) is 0 Å². The van der Waals surface area contributed by atoms with Crippen molar-refractivity contribution in [2.75, 3.05) is 20.6 Å². The summed E-state index contributed by atoms with van der Waals surface area (Å²) >= 11 is 0. The smallest absolute Gasteiger partial charge is 0.310 e. The fourth-order valence-electron chi connectivity index (χ4n) is 1.73. The molecule has 1 unspecified atom stereocenters. The number of hydrogen-bond acceptors (Lipinski definition) is 2. The zero-order valence-electron chi connectivity index (χ0n) is 9.89. The predicted octanol–water partition coefficient (Wildman–Crippen LogP) is 2.20. The molecule has 3 heteroatoms. The third-order valence-electron chi connectivity index (χ3n) is 2.60. The molecule has 3 nitrogen and oxygen atoms in total. The maximum Gasteiger partial charge on any atom is 0.310 e. The van der Waals surface area contributed by atoms with Gasteiger partial charge in [-0.3, -0.25) is 4.79 Å². The Labute approximate surface area is 96.7 Å². The fourth-order valence-corrected chi connectivity index (χ4v) is 1.73. The van der Waals surface area contributed by atoms with E-state index >= 15 is 0 Å². The zero-order chi connectivity index (χ0) is 12.0. The van der Waals surface area contributed by atoms with Crippen molar-refractivity contribution >= 4 is 5.97 Å². The summed E-state index contributed by atoms with van der Waals surface area (Å²) in [5.41, 5.74) is 0.897. The maximum atomic E-state index is 11.2.